The van der Waals surface area contributed by atoms with Crippen LogP contribution >= 0.6 is 0 Å². The van der Waals surface area contributed by atoms with Crippen LogP contribution in [0.15, 0.2) is 29.2 Å². The molecule has 0 aliphatic rings. The summed E-state index contributed by atoms with van der Waals surface area (Å²) in [6.07, 6.45) is -0.628. The molecule has 1 aromatic carbocycles. The Balaban J connectivity index is 3.35. The standard InChI is InChI=1S/C17H28N2O6S/c1-5-10-19(16(17(21)18-22)15(20)11-12(2)3)26(23,24)14-8-6-13(25-4)7-9-14/h6-9,12,15-16,20,22H,5,10-11H2,1-4H3,(H,18,21). The zero-order valence-corrected chi connectivity index (χ0v) is 16.4. The van der Waals surface area contributed by atoms with Gasteiger partial charge in [-0.15, -0.1) is 0 Å². The summed E-state index contributed by atoms with van der Waals surface area (Å²) in [4.78, 5) is 12.2. The van der Waals surface area contributed by atoms with Gasteiger partial charge in [0.15, 0.2) is 0 Å². The second-order valence-corrected chi connectivity index (χ2v) is 8.30. The van der Waals surface area contributed by atoms with Gasteiger partial charge in [-0.1, -0.05) is 20.8 Å². The number of carbonyl (C=O) groups excluding carboxylic acids is 1. The fourth-order valence-electron chi connectivity index (χ4n) is 2.69. The molecule has 1 aromatic rings. The van der Waals surface area contributed by atoms with Crippen LogP contribution in [-0.4, -0.2) is 54.7 Å². The van der Waals surface area contributed by atoms with E-state index in [2.05, 4.69) is 0 Å². The fourth-order valence-corrected chi connectivity index (χ4v) is 4.40. The Kier molecular flexibility index (Phi) is 8.48. The van der Waals surface area contributed by atoms with E-state index in [-0.39, 0.29) is 23.8 Å². The molecule has 2 unspecified atom stereocenters. The van der Waals surface area contributed by atoms with Crippen molar-refractivity contribution >= 4 is 15.9 Å². The topological polar surface area (TPSA) is 116 Å². The molecule has 0 spiro atoms. The summed E-state index contributed by atoms with van der Waals surface area (Å²) in [6, 6.07) is 4.32. The first-order chi connectivity index (χ1) is 12.2. The van der Waals surface area contributed by atoms with Crippen LogP contribution in [0.3, 0.4) is 0 Å². The van der Waals surface area contributed by atoms with Gasteiger partial charge in [-0.3, -0.25) is 10.0 Å². The molecule has 0 aromatic heterocycles. The Morgan fingerprint density at radius 3 is 2.27 bits per heavy atom. The maximum absolute atomic E-state index is 13.1. The molecule has 0 aliphatic carbocycles. The molecule has 0 fully saturated rings. The highest BCUT2D eigenvalue weighted by Crippen LogP contribution is 2.24. The van der Waals surface area contributed by atoms with Crippen LogP contribution in [0.25, 0.3) is 0 Å². The summed E-state index contributed by atoms with van der Waals surface area (Å²) in [7, 11) is -2.61. The smallest absolute Gasteiger partial charge is 0.264 e. The molecule has 0 aliphatic heterocycles. The van der Waals surface area contributed by atoms with E-state index >= 15 is 0 Å². The molecule has 148 valence electrons. The first-order valence-electron chi connectivity index (χ1n) is 8.46. The van der Waals surface area contributed by atoms with Crippen molar-refractivity contribution in [1.29, 1.82) is 0 Å². The molecule has 9 heteroatoms. The van der Waals surface area contributed by atoms with Crippen molar-refractivity contribution < 1.29 is 28.3 Å². The summed E-state index contributed by atoms with van der Waals surface area (Å²) in [5, 5.41) is 19.5. The van der Waals surface area contributed by atoms with Crippen LogP contribution < -0.4 is 10.2 Å². The molecule has 0 saturated heterocycles. The Morgan fingerprint density at radius 1 is 1.27 bits per heavy atom. The summed E-state index contributed by atoms with van der Waals surface area (Å²) in [6.45, 7) is 5.47. The van der Waals surface area contributed by atoms with Gasteiger partial charge in [0.25, 0.3) is 5.91 Å². The number of methoxy groups -OCH3 is 1. The number of hydroxylamine groups is 1. The zero-order chi connectivity index (χ0) is 19.9. The van der Waals surface area contributed by atoms with E-state index in [1.165, 1.54) is 36.9 Å². The van der Waals surface area contributed by atoms with Crippen molar-refractivity contribution in [3.8, 4) is 5.75 Å². The van der Waals surface area contributed by atoms with Gasteiger partial charge in [0.1, 0.15) is 11.8 Å². The van der Waals surface area contributed by atoms with E-state index < -0.39 is 28.1 Å². The maximum Gasteiger partial charge on any atom is 0.264 e. The lowest BCUT2D eigenvalue weighted by molar-refractivity contribution is -0.137. The van der Waals surface area contributed by atoms with Gasteiger partial charge in [0, 0.05) is 6.54 Å². The highest BCUT2D eigenvalue weighted by Gasteiger charge is 2.40. The van der Waals surface area contributed by atoms with Gasteiger partial charge < -0.3 is 9.84 Å². The molecule has 3 N–H and O–H groups in total. The van der Waals surface area contributed by atoms with E-state index in [1.54, 1.807) is 6.92 Å². The average Bonchev–Trinajstić information content (AvgIpc) is 2.60. The minimum Gasteiger partial charge on any atom is -0.497 e. The van der Waals surface area contributed by atoms with Crippen molar-refractivity contribution in [3.05, 3.63) is 24.3 Å². The number of nitrogens with one attached hydrogen (secondary N) is 1. The first-order valence-corrected chi connectivity index (χ1v) is 9.90. The third kappa shape index (κ3) is 5.41. The Bertz CT molecular complexity index is 675. The molecule has 0 bridgehead atoms. The number of aliphatic hydroxyl groups is 1. The normalized spacial score (nSPS) is 14.3. The lowest BCUT2D eigenvalue weighted by atomic mass is 9.99. The fraction of sp³-hybridized carbons (Fsp3) is 0.588. The zero-order valence-electron chi connectivity index (χ0n) is 15.5. The summed E-state index contributed by atoms with van der Waals surface area (Å²) in [5.41, 5.74) is 1.47. The van der Waals surface area contributed by atoms with Crippen molar-refractivity contribution in [2.75, 3.05) is 13.7 Å². The molecule has 26 heavy (non-hydrogen) atoms. The Hall–Kier alpha value is -1.68. The number of hydrogen-bond acceptors (Lipinski definition) is 6. The third-order valence-corrected chi connectivity index (χ3v) is 5.77. The molecule has 1 amide bonds. The number of hydrogen-bond donors (Lipinski definition) is 3. The molecular weight excluding hydrogens is 360 g/mol. The number of rotatable bonds is 10. The van der Waals surface area contributed by atoms with Crippen LogP contribution in [0, 0.1) is 5.92 Å². The van der Waals surface area contributed by atoms with Crippen molar-refractivity contribution in [2.45, 2.75) is 50.7 Å². The lowest BCUT2D eigenvalue weighted by Gasteiger charge is -2.32. The van der Waals surface area contributed by atoms with Crippen molar-refractivity contribution in [2.24, 2.45) is 5.92 Å². The first kappa shape index (κ1) is 22.4. The lowest BCUT2D eigenvalue weighted by Crippen LogP contribution is -2.55. The SMILES string of the molecule is CCCN(C(C(=O)NO)C(O)CC(C)C)S(=O)(=O)c1ccc(OC)cc1. The van der Waals surface area contributed by atoms with Crippen LogP contribution in [0.2, 0.25) is 0 Å². The van der Waals surface area contributed by atoms with Gasteiger partial charge in [-0.25, -0.2) is 13.9 Å². The Labute approximate surface area is 154 Å². The van der Waals surface area contributed by atoms with E-state index in [4.69, 9.17) is 9.94 Å². The molecule has 8 nitrogen and oxygen atoms in total. The van der Waals surface area contributed by atoms with Crippen LogP contribution in [0.4, 0.5) is 0 Å². The second-order valence-electron chi connectivity index (χ2n) is 6.41. The number of benzene rings is 1. The molecule has 1 rings (SSSR count). The van der Waals surface area contributed by atoms with E-state index in [9.17, 15) is 18.3 Å². The summed E-state index contributed by atoms with van der Waals surface area (Å²) >= 11 is 0. The molecule has 0 saturated carbocycles. The largest absolute Gasteiger partial charge is 0.497 e. The number of nitrogens with zero attached hydrogens (tertiary/aromatic N) is 1. The second kappa shape index (κ2) is 9.86. The number of carbonyl (C=O) groups is 1. The van der Waals surface area contributed by atoms with Crippen molar-refractivity contribution in [1.82, 2.24) is 9.79 Å². The van der Waals surface area contributed by atoms with E-state index in [1.807, 2.05) is 13.8 Å². The monoisotopic (exact) mass is 388 g/mol. The Morgan fingerprint density at radius 2 is 1.85 bits per heavy atom. The van der Waals surface area contributed by atoms with Gasteiger partial charge >= 0.3 is 0 Å². The molecule has 0 radical (unpaired) electrons. The van der Waals surface area contributed by atoms with Gasteiger partial charge in [-0.05, 0) is 43.0 Å². The van der Waals surface area contributed by atoms with Gasteiger partial charge in [0.2, 0.25) is 10.0 Å². The average molecular weight is 388 g/mol. The number of amides is 1. The number of aliphatic hydroxyl groups excluding tert-OH is 1. The highest BCUT2D eigenvalue weighted by molar-refractivity contribution is 7.89. The predicted molar refractivity (Wildman–Crippen MR) is 96.4 cm³/mol. The number of sulfonamides is 1. The predicted octanol–water partition coefficient (Wildman–Crippen LogP) is 1.38. The van der Waals surface area contributed by atoms with Crippen LogP contribution in [0.1, 0.15) is 33.6 Å². The third-order valence-electron chi connectivity index (χ3n) is 3.88. The minimum atomic E-state index is -4.08. The molecule has 2 atom stereocenters. The molecular formula is C17H28N2O6S. The number of ether oxygens (including phenoxy) is 1. The van der Waals surface area contributed by atoms with Crippen LogP contribution in [0.5, 0.6) is 5.75 Å². The summed E-state index contributed by atoms with van der Waals surface area (Å²) < 4.78 is 32.1. The maximum atomic E-state index is 13.1. The van der Waals surface area contributed by atoms with Gasteiger partial charge in [0.05, 0.1) is 18.1 Å². The minimum absolute atomic E-state index is 0.0155. The quantitative estimate of drug-likeness (QED) is 0.412. The van der Waals surface area contributed by atoms with Gasteiger partial charge in [-0.2, -0.15) is 4.31 Å². The summed E-state index contributed by atoms with van der Waals surface area (Å²) in [5.74, 6) is -0.440. The van der Waals surface area contributed by atoms with E-state index in [0.29, 0.717) is 12.2 Å². The van der Waals surface area contributed by atoms with E-state index in [0.717, 1.165) is 4.31 Å². The molecule has 0 heterocycles. The van der Waals surface area contributed by atoms with Crippen molar-refractivity contribution in [3.63, 3.8) is 0 Å². The highest BCUT2D eigenvalue weighted by atomic mass is 32.2. The van der Waals surface area contributed by atoms with Crippen LogP contribution in [-0.2, 0) is 14.8 Å².